The number of piperazine rings is 1. The average Bonchev–Trinajstić information content (AvgIpc) is 3.09. The van der Waals surface area contributed by atoms with E-state index < -0.39 is 6.04 Å². The number of methoxy groups -OCH3 is 1. The van der Waals surface area contributed by atoms with Crippen molar-refractivity contribution in [3.05, 3.63) is 45.4 Å². The summed E-state index contributed by atoms with van der Waals surface area (Å²) in [5.41, 5.74) is 1.76. The maximum absolute atomic E-state index is 12.5. The Morgan fingerprint density at radius 3 is 2.57 bits per heavy atom. The van der Waals surface area contributed by atoms with E-state index in [0.29, 0.717) is 42.9 Å². The molecule has 0 spiro atoms. The Morgan fingerprint density at radius 1 is 1.27 bits per heavy atom. The number of ether oxygens (including phenoxy) is 1. The molecule has 0 saturated carbocycles. The second-order valence-electron chi connectivity index (χ2n) is 7.18. The van der Waals surface area contributed by atoms with E-state index in [0.717, 1.165) is 22.6 Å². The largest absolute Gasteiger partial charge is 0.468 e. The number of amides is 1. The summed E-state index contributed by atoms with van der Waals surface area (Å²) in [7, 11) is 1.39. The normalized spacial score (nSPS) is 16.3. The predicted octanol–water partition coefficient (Wildman–Crippen LogP) is 3.14. The van der Waals surface area contributed by atoms with Crippen molar-refractivity contribution in [2.24, 2.45) is 0 Å². The summed E-state index contributed by atoms with van der Waals surface area (Å²) in [4.78, 5) is 34.6. The van der Waals surface area contributed by atoms with E-state index in [1.54, 1.807) is 6.07 Å². The van der Waals surface area contributed by atoms with Crippen LogP contribution in [-0.2, 0) is 20.7 Å². The standard InChI is InChI=1S/C21H27ClN4O3S/c1-4-17-14(2)30-21(23-17)24-18(27)13-25-9-11-26(12-10-25)19(20(28)29-3)15-7-5-6-8-16(15)22/h5-8,19H,4,9-13H2,1-3H3,(H,23,24,27). The fraction of sp³-hybridized carbons (Fsp3) is 0.476. The maximum Gasteiger partial charge on any atom is 0.327 e. The first-order chi connectivity index (χ1) is 14.4. The fourth-order valence-electron chi connectivity index (χ4n) is 3.63. The summed E-state index contributed by atoms with van der Waals surface area (Å²) in [5, 5.41) is 4.09. The van der Waals surface area contributed by atoms with Crippen LogP contribution in [0.15, 0.2) is 24.3 Å². The van der Waals surface area contributed by atoms with Gasteiger partial charge in [-0.2, -0.15) is 0 Å². The van der Waals surface area contributed by atoms with Gasteiger partial charge in [0.15, 0.2) is 5.13 Å². The first-order valence-electron chi connectivity index (χ1n) is 9.97. The number of benzene rings is 1. The topological polar surface area (TPSA) is 74.8 Å². The molecule has 1 saturated heterocycles. The van der Waals surface area contributed by atoms with E-state index >= 15 is 0 Å². The molecule has 30 heavy (non-hydrogen) atoms. The molecule has 7 nitrogen and oxygen atoms in total. The molecule has 9 heteroatoms. The van der Waals surface area contributed by atoms with Crippen molar-refractivity contribution in [1.82, 2.24) is 14.8 Å². The van der Waals surface area contributed by atoms with Crippen LogP contribution in [0.3, 0.4) is 0 Å². The Labute approximate surface area is 186 Å². The van der Waals surface area contributed by atoms with Gasteiger partial charge >= 0.3 is 5.97 Å². The molecule has 1 unspecified atom stereocenters. The van der Waals surface area contributed by atoms with Crippen LogP contribution in [0.25, 0.3) is 0 Å². The third kappa shape index (κ3) is 5.37. The number of thiazole rings is 1. The van der Waals surface area contributed by atoms with Crippen LogP contribution in [-0.4, -0.2) is 66.5 Å². The lowest BCUT2D eigenvalue weighted by Crippen LogP contribution is -2.51. The zero-order valence-electron chi connectivity index (χ0n) is 17.5. The molecule has 162 valence electrons. The Morgan fingerprint density at radius 2 is 1.97 bits per heavy atom. The van der Waals surface area contributed by atoms with Crippen LogP contribution < -0.4 is 5.32 Å². The number of esters is 1. The monoisotopic (exact) mass is 450 g/mol. The molecule has 1 fully saturated rings. The summed E-state index contributed by atoms with van der Waals surface area (Å²) in [5.74, 6) is -0.407. The maximum atomic E-state index is 12.5. The van der Waals surface area contributed by atoms with Crippen molar-refractivity contribution < 1.29 is 14.3 Å². The van der Waals surface area contributed by atoms with Crippen molar-refractivity contribution in [2.75, 3.05) is 45.2 Å². The number of anilines is 1. The van der Waals surface area contributed by atoms with Gasteiger partial charge in [-0.3, -0.25) is 14.6 Å². The molecule has 1 aromatic heterocycles. The highest BCUT2D eigenvalue weighted by Gasteiger charge is 2.32. The molecule has 3 rings (SSSR count). The molecule has 1 aliphatic rings. The first kappa shape index (κ1) is 22.7. The number of nitrogens with zero attached hydrogens (tertiary/aromatic N) is 3. The smallest absolute Gasteiger partial charge is 0.327 e. The molecule has 2 aromatic rings. The van der Waals surface area contributed by atoms with E-state index in [2.05, 4.69) is 27.0 Å². The highest BCUT2D eigenvalue weighted by Crippen LogP contribution is 2.29. The average molecular weight is 451 g/mol. The number of hydrogen-bond acceptors (Lipinski definition) is 7. The van der Waals surface area contributed by atoms with Gasteiger partial charge in [0.25, 0.3) is 0 Å². The van der Waals surface area contributed by atoms with Gasteiger partial charge in [0.2, 0.25) is 5.91 Å². The van der Waals surface area contributed by atoms with Gasteiger partial charge in [-0.15, -0.1) is 11.3 Å². The van der Waals surface area contributed by atoms with E-state index in [1.807, 2.05) is 25.1 Å². The van der Waals surface area contributed by atoms with Crippen LogP contribution >= 0.6 is 22.9 Å². The second-order valence-corrected chi connectivity index (χ2v) is 8.79. The van der Waals surface area contributed by atoms with Crippen molar-refractivity contribution in [3.8, 4) is 0 Å². The molecule has 1 amide bonds. The molecular weight excluding hydrogens is 424 g/mol. The molecule has 2 heterocycles. The number of carbonyl (C=O) groups excluding carboxylic acids is 2. The van der Waals surface area contributed by atoms with Gasteiger partial charge in [-0.1, -0.05) is 36.7 Å². The minimum absolute atomic E-state index is 0.0736. The summed E-state index contributed by atoms with van der Waals surface area (Å²) in [6.45, 7) is 6.97. The van der Waals surface area contributed by atoms with Crippen LogP contribution in [0.2, 0.25) is 5.02 Å². The molecular formula is C21H27ClN4O3S. The van der Waals surface area contributed by atoms with E-state index in [9.17, 15) is 9.59 Å². The van der Waals surface area contributed by atoms with Crippen molar-refractivity contribution in [1.29, 1.82) is 0 Å². The van der Waals surface area contributed by atoms with Gasteiger partial charge in [-0.05, 0) is 25.0 Å². The number of aromatic nitrogens is 1. The molecule has 1 N–H and O–H groups in total. The number of rotatable bonds is 7. The summed E-state index contributed by atoms with van der Waals surface area (Å²) >= 11 is 7.84. The third-order valence-corrected chi connectivity index (χ3v) is 6.51. The number of aryl methyl sites for hydroxylation is 2. The zero-order valence-corrected chi connectivity index (χ0v) is 19.1. The van der Waals surface area contributed by atoms with Gasteiger partial charge in [0.1, 0.15) is 6.04 Å². The highest BCUT2D eigenvalue weighted by atomic mass is 35.5. The third-order valence-electron chi connectivity index (χ3n) is 5.24. The van der Waals surface area contributed by atoms with Crippen LogP contribution in [0.5, 0.6) is 0 Å². The lowest BCUT2D eigenvalue weighted by molar-refractivity contribution is -0.148. The number of nitrogens with one attached hydrogen (secondary N) is 1. The SMILES string of the molecule is CCc1nc(NC(=O)CN2CCN(C(C(=O)OC)c3ccccc3Cl)CC2)sc1C. The number of hydrogen-bond donors (Lipinski definition) is 1. The molecule has 1 aromatic carbocycles. The van der Waals surface area contributed by atoms with Gasteiger partial charge < -0.3 is 10.1 Å². The summed E-state index contributed by atoms with van der Waals surface area (Å²) in [6, 6.07) is 6.78. The molecule has 1 aliphatic heterocycles. The second kappa shape index (κ2) is 10.3. The summed E-state index contributed by atoms with van der Waals surface area (Å²) < 4.78 is 5.03. The summed E-state index contributed by atoms with van der Waals surface area (Å²) in [6.07, 6.45) is 0.854. The van der Waals surface area contributed by atoms with Crippen molar-refractivity contribution >= 4 is 39.9 Å². The lowest BCUT2D eigenvalue weighted by atomic mass is 10.0. The first-order valence-corrected chi connectivity index (χ1v) is 11.2. The lowest BCUT2D eigenvalue weighted by Gasteiger charge is -2.38. The van der Waals surface area contributed by atoms with Crippen LogP contribution in [0.1, 0.15) is 29.1 Å². The Hall–Kier alpha value is -2.00. The predicted molar refractivity (Wildman–Crippen MR) is 119 cm³/mol. The van der Waals surface area contributed by atoms with E-state index in [4.69, 9.17) is 16.3 Å². The minimum Gasteiger partial charge on any atom is -0.468 e. The van der Waals surface area contributed by atoms with Crippen molar-refractivity contribution in [3.63, 3.8) is 0 Å². The Bertz CT molecular complexity index is 896. The fourth-order valence-corrected chi connectivity index (χ4v) is 4.79. The van der Waals surface area contributed by atoms with Crippen LogP contribution in [0.4, 0.5) is 5.13 Å². The van der Waals surface area contributed by atoms with E-state index in [1.165, 1.54) is 18.4 Å². The Kier molecular flexibility index (Phi) is 7.82. The molecule has 0 aliphatic carbocycles. The molecule has 0 radical (unpaired) electrons. The van der Waals surface area contributed by atoms with Crippen LogP contribution in [0, 0.1) is 6.92 Å². The van der Waals surface area contributed by atoms with Crippen molar-refractivity contribution in [2.45, 2.75) is 26.3 Å². The van der Waals surface area contributed by atoms with Gasteiger partial charge in [0.05, 0.1) is 19.3 Å². The number of carbonyl (C=O) groups is 2. The minimum atomic E-state index is -0.551. The van der Waals surface area contributed by atoms with Gasteiger partial charge in [0, 0.05) is 36.1 Å². The van der Waals surface area contributed by atoms with E-state index in [-0.39, 0.29) is 11.9 Å². The molecule has 1 atom stereocenters. The van der Waals surface area contributed by atoms with Gasteiger partial charge in [-0.25, -0.2) is 9.78 Å². The zero-order chi connectivity index (χ0) is 21.7. The number of halogens is 1. The molecule has 0 bridgehead atoms. The Balaban J connectivity index is 1.58. The quantitative estimate of drug-likeness (QED) is 0.653. The highest BCUT2D eigenvalue weighted by molar-refractivity contribution is 7.15.